The molecule has 9 heteroatoms. The molecule has 1 aromatic heterocycles. The second-order valence-corrected chi connectivity index (χ2v) is 7.38. The number of anilines is 1. The number of methoxy groups -OCH3 is 1. The smallest absolute Gasteiger partial charge is 0.343 e. The predicted octanol–water partition coefficient (Wildman–Crippen LogP) is 4.52. The van der Waals surface area contributed by atoms with Crippen molar-refractivity contribution in [3.8, 4) is 11.5 Å². The Labute approximate surface area is 206 Å². The zero-order valence-electron chi connectivity index (χ0n) is 19.1. The first kappa shape index (κ1) is 24.0. The summed E-state index contributed by atoms with van der Waals surface area (Å²) in [6.45, 7) is 0. The van der Waals surface area contributed by atoms with Crippen molar-refractivity contribution in [3.63, 3.8) is 0 Å². The van der Waals surface area contributed by atoms with Gasteiger partial charge < -0.3 is 19.2 Å². The topological polar surface area (TPSA) is 119 Å². The number of hydrogen-bond donors (Lipinski definition) is 2. The number of nitrogens with one attached hydrogen (secondary N) is 2. The third kappa shape index (κ3) is 6.03. The molecule has 1 heterocycles. The van der Waals surface area contributed by atoms with E-state index in [-0.39, 0.29) is 11.5 Å². The molecule has 0 saturated heterocycles. The third-order valence-electron chi connectivity index (χ3n) is 4.91. The zero-order valence-corrected chi connectivity index (χ0v) is 19.1. The molecule has 4 rings (SSSR count). The summed E-state index contributed by atoms with van der Waals surface area (Å²) in [7, 11) is 1.45. The second-order valence-electron chi connectivity index (χ2n) is 7.38. The number of hydrogen-bond acceptors (Lipinski definition) is 7. The summed E-state index contributed by atoms with van der Waals surface area (Å²) in [4.78, 5) is 36.9. The first-order chi connectivity index (χ1) is 17.5. The molecule has 0 aliphatic rings. The van der Waals surface area contributed by atoms with Gasteiger partial charge in [-0.25, -0.2) is 10.2 Å². The fraction of sp³-hybridized carbons (Fsp3) is 0.0370. The molecule has 180 valence electrons. The van der Waals surface area contributed by atoms with Gasteiger partial charge in [0.15, 0.2) is 17.3 Å². The minimum absolute atomic E-state index is 0.158. The van der Waals surface area contributed by atoms with E-state index in [1.165, 1.54) is 31.7 Å². The monoisotopic (exact) mass is 483 g/mol. The summed E-state index contributed by atoms with van der Waals surface area (Å²) in [6, 6.07) is 23.0. The molecule has 0 atom stereocenters. The largest absolute Gasteiger partial charge is 0.493 e. The van der Waals surface area contributed by atoms with E-state index in [9.17, 15) is 14.4 Å². The molecule has 2 N–H and O–H groups in total. The third-order valence-corrected chi connectivity index (χ3v) is 4.91. The number of carbonyl (C=O) groups is 3. The Bertz CT molecular complexity index is 1400. The van der Waals surface area contributed by atoms with Gasteiger partial charge in [0, 0.05) is 11.3 Å². The fourth-order valence-corrected chi connectivity index (χ4v) is 3.15. The molecule has 0 aliphatic heterocycles. The van der Waals surface area contributed by atoms with Crippen LogP contribution in [-0.4, -0.2) is 31.1 Å². The lowest BCUT2D eigenvalue weighted by Crippen LogP contribution is -2.18. The first-order valence-electron chi connectivity index (χ1n) is 10.8. The van der Waals surface area contributed by atoms with Gasteiger partial charge in [-0.2, -0.15) is 5.10 Å². The maximum absolute atomic E-state index is 12.5. The van der Waals surface area contributed by atoms with Crippen LogP contribution < -0.4 is 20.2 Å². The number of hydrazone groups is 1. The van der Waals surface area contributed by atoms with Gasteiger partial charge in [-0.05, 0) is 66.2 Å². The molecule has 9 nitrogen and oxygen atoms in total. The van der Waals surface area contributed by atoms with Gasteiger partial charge in [-0.15, -0.1) is 0 Å². The van der Waals surface area contributed by atoms with Crippen molar-refractivity contribution >= 4 is 29.7 Å². The van der Waals surface area contributed by atoms with Crippen LogP contribution in [0.15, 0.2) is 101 Å². The van der Waals surface area contributed by atoms with Gasteiger partial charge >= 0.3 is 5.97 Å². The molecule has 4 aromatic rings. The van der Waals surface area contributed by atoms with Gasteiger partial charge in [-0.3, -0.25) is 9.59 Å². The molecule has 36 heavy (non-hydrogen) atoms. The predicted molar refractivity (Wildman–Crippen MR) is 133 cm³/mol. The Hall–Kier alpha value is -5.18. The van der Waals surface area contributed by atoms with Crippen molar-refractivity contribution in [1.82, 2.24) is 5.43 Å². The van der Waals surface area contributed by atoms with E-state index in [0.717, 1.165) is 0 Å². The molecule has 3 aromatic carbocycles. The zero-order chi connectivity index (χ0) is 25.3. The lowest BCUT2D eigenvalue weighted by Gasteiger charge is -2.10. The Morgan fingerprint density at radius 3 is 2.39 bits per heavy atom. The first-order valence-corrected chi connectivity index (χ1v) is 10.8. The van der Waals surface area contributed by atoms with E-state index in [1.807, 2.05) is 0 Å². The Balaban J connectivity index is 1.37. The Kier molecular flexibility index (Phi) is 7.52. The second kappa shape index (κ2) is 11.3. The molecule has 0 fully saturated rings. The SMILES string of the molecule is COc1cc(C=NNC(=O)c2cccc(NC(=O)c3ccco3)c2)ccc1OC(=O)c1ccccc1. The summed E-state index contributed by atoms with van der Waals surface area (Å²) in [5.41, 5.74) is 4.18. The highest BCUT2D eigenvalue weighted by atomic mass is 16.6. The lowest BCUT2D eigenvalue weighted by molar-refractivity contribution is 0.0729. The number of nitrogens with zero attached hydrogens (tertiary/aromatic N) is 1. The number of carbonyl (C=O) groups excluding carboxylic acids is 3. The van der Waals surface area contributed by atoms with E-state index in [1.54, 1.807) is 72.8 Å². The van der Waals surface area contributed by atoms with Crippen LogP contribution in [-0.2, 0) is 0 Å². The molecule has 0 bridgehead atoms. The maximum Gasteiger partial charge on any atom is 0.343 e. The molecule has 2 amide bonds. The van der Waals surface area contributed by atoms with Crippen LogP contribution in [0.4, 0.5) is 5.69 Å². The van der Waals surface area contributed by atoms with Crippen LogP contribution in [0.5, 0.6) is 11.5 Å². The van der Waals surface area contributed by atoms with E-state index < -0.39 is 17.8 Å². The summed E-state index contributed by atoms with van der Waals surface area (Å²) in [5.74, 6) is -0.672. The van der Waals surface area contributed by atoms with E-state index in [4.69, 9.17) is 13.9 Å². The lowest BCUT2D eigenvalue weighted by atomic mass is 10.2. The summed E-state index contributed by atoms with van der Waals surface area (Å²) in [6.07, 6.45) is 2.82. The van der Waals surface area contributed by atoms with Gasteiger partial charge in [0.1, 0.15) is 0 Å². The molecular formula is C27H21N3O6. The van der Waals surface area contributed by atoms with Crippen molar-refractivity contribution in [2.45, 2.75) is 0 Å². The molecule has 0 aliphatic carbocycles. The number of amides is 2. The fourth-order valence-electron chi connectivity index (χ4n) is 3.15. The quantitative estimate of drug-likeness (QED) is 0.165. The van der Waals surface area contributed by atoms with Crippen LogP contribution in [0, 0.1) is 0 Å². The highest BCUT2D eigenvalue weighted by Gasteiger charge is 2.13. The molecule has 0 unspecified atom stereocenters. The average Bonchev–Trinajstić information content (AvgIpc) is 3.45. The van der Waals surface area contributed by atoms with Crippen molar-refractivity contribution in [1.29, 1.82) is 0 Å². The Morgan fingerprint density at radius 1 is 0.833 bits per heavy atom. The van der Waals surface area contributed by atoms with Gasteiger partial charge in [-0.1, -0.05) is 24.3 Å². The van der Waals surface area contributed by atoms with Crippen LogP contribution in [0.25, 0.3) is 0 Å². The van der Waals surface area contributed by atoms with Crippen LogP contribution in [0.1, 0.15) is 36.8 Å². The number of esters is 1. The Morgan fingerprint density at radius 2 is 1.64 bits per heavy atom. The normalized spacial score (nSPS) is 10.6. The van der Waals surface area contributed by atoms with Crippen LogP contribution in [0.2, 0.25) is 0 Å². The molecule has 0 spiro atoms. The molecule has 0 radical (unpaired) electrons. The maximum atomic E-state index is 12.5. The minimum atomic E-state index is -0.509. The molecular weight excluding hydrogens is 462 g/mol. The highest BCUT2D eigenvalue weighted by molar-refractivity contribution is 6.03. The van der Waals surface area contributed by atoms with Crippen molar-refractivity contribution < 1.29 is 28.3 Å². The number of rotatable bonds is 8. The van der Waals surface area contributed by atoms with Crippen molar-refractivity contribution in [2.24, 2.45) is 5.10 Å². The van der Waals surface area contributed by atoms with Gasteiger partial charge in [0.05, 0.1) is 25.2 Å². The van der Waals surface area contributed by atoms with E-state index >= 15 is 0 Å². The van der Waals surface area contributed by atoms with Crippen molar-refractivity contribution in [2.75, 3.05) is 12.4 Å². The summed E-state index contributed by atoms with van der Waals surface area (Å²) >= 11 is 0. The van der Waals surface area contributed by atoms with Crippen LogP contribution in [0.3, 0.4) is 0 Å². The minimum Gasteiger partial charge on any atom is -0.493 e. The van der Waals surface area contributed by atoms with Gasteiger partial charge in [0.2, 0.25) is 0 Å². The summed E-state index contributed by atoms with van der Waals surface area (Å²) < 4.78 is 15.8. The number of furan rings is 1. The number of ether oxygens (including phenoxy) is 2. The molecule has 0 saturated carbocycles. The van der Waals surface area contributed by atoms with Gasteiger partial charge in [0.25, 0.3) is 11.8 Å². The number of benzene rings is 3. The van der Waals surface area contributed by atoms with E-state index in [0.29, 0.717) is 28.1 Å². The van der Waals surface area contributed by atoms with E-state index in [2.05, 4.69) is 15.8 Å². The van der Waals surface area contributed by atoms with Crippen molar-refractivity contribution in [3.05, 3.63) is 114 Å². The highest BCUT2D eigenvalue weighted by Crippen LogP contribution is 2.28. The summed E-state index contributed by atoms with van der Waals surface area (Å²) in [5, 5.41) is 6.64. The van der Waals surface area contributed by atoms with Crippen LogP contribution >= 0.6 is 0 Å². The average molecular weight is 483 g/mol. The standard InChI is InChI=1S/C27H21N3O6/c1-34-24-15-18(12-13-22(24)36-27(33)19-7-3-2-4-8-19)17-28-30-25(31)20-9-5-10-21(16-20)29-26(32)23-11-6-14-35-23/h2-17H,1H3,(H,29,32)(H,30,31).